The fraction of sp³-hybridized carbons (Fsp3) is 0.120. The number of amides is 1. The summed E-state index contributed by atoms with van der Waals surface area (Å²) in [6.45, 7) is 3.45. The van der Waals surface area contributed by atoms with Gasteiger partial charge in [-0.15, -0.1) is 0 Å². The average Bonchev–Trinajstić information content (AvgIpc) is 3.27. The van der Waals surface area contributed by atoms with Crippen LogP contribution in [0.1, 0.15) is 5.56 Å². The van der Waals surface area contributed by atoms with Crippen LogP contribution in [0.2, 0.25) is 0 Å². The molecule has 0 aliphatic carbocycles. The van der Waals surface area contributed by atoms with Crippen molar-refractivity contribution in [1.29, 1.82) is 0 Å². The molecule has 11 heteroatoms. The summed E-state index contributed by atoms with van der Waals surface area (Å²) >= 11 is 0. The molecule has 0 bridgehead atoms. The first-order valence-corrected chi connectivity index (χ1v) is 10.7. The molecule has 0 saturated carbocycles. The molecule has 184 valence electrons. The lowest BCUT2D eigenvalue weighted by Gasteiger charge is -2.23. The van der Waals surface area contributed by atoms with Gasteiger partial charge >= 0.3 is 6.18 Å². The van der Waals surface area contributed by atoms with Gasteiger partial charge in [-0.3, -0.25) is 9.48 Å². The third-order valence-corrected chi connectivity index (χ3v) is 5.26. The van der Waals surface area contributed by atoms with E-state index in [0.717, 1.165) is 12.1 Å². The van der Waals surface area contributed by atoms with Crippen molar-refractivity contribution in [3.8, 4) is 11.1 Å². The molecule has 2 aromatic heterocycles. The second kappa shape index (κ2) is 9.90. The largest absolute Gasteiger partial charge is 0.416 e. The van der Waals surface area contributed by atoms with Gasteiger partial charge in [-0.2, -0.15) is 23.3 Å². The van der Waals surface area contributed by atoms with Gasteiger partial charge < -0.3 is 15.5 Å². The quantitative estimate of drug-likeness (QED) is 0.329. The zero-order valence-electron chi connectivity index (χ0n) is 19.4. The monoisotopic (exact) mass is 493 g/mol. The van der Waals surface area contributed by atoms with E-state index >= 15 is 0 Å². The lowest BCUT2D eigenvalue weighted by Crippen LogP contribution is -2.15. The Morgan fingerprint density at radius 3 is 2.50 bits per heavy atom. The normalized spacial score (nSPS) is 11.1. The highest BCUT2D eigenvalue weighted by Crippen LogP contribution is 2.36. The van der Waals surface area contributed by atoms with E-state index in [1.165, 1.54) is 18.2 Å². The van der Waals surface area contributed by atoms with Crippen LogP contribution in [0, 0.1) is 0 Å². The summed E-state index contributed by atoms with van der Waals surface area (Å²) < 4.78 is 40.9. The molecule has 0 aliphatic rings. The van der Waals surface area contributed by atoms with Gasteiger partial charge in [0.15, 0.2) is 0 Å². The molecule has 0 aliphatic heterocycles. The maximum atomic E-state index is 13.1. The fourth-order valence-corrected chi connectivity index (χ4v) is 3.45. The van der Waals surface area contributed by atoms with E-state index in [2.05, 4.69) is 32.3 Å². The molecular formula is C25H22F3N7O. The van der Waals surface area contributed by atoms with E-state index < -0.39 is 11.7 Å². The van der Waals surface area contributed by atoms with Crippen molar-refractivity contribution < 1.29 is 18.0 Å². The van der Waals surface area contributed by atoms with Crippen molar-refractivity contribution in [3.05, 3.63) is 85.3 Å². The van der Waals surface area contributed by atoms with Gasteiger partial charge in [0.2, 0.25) is 11.9 Å². The average molecular weight is 493 g/mol. The SMILES string of the molecule is C=CC(=O)Nc1cccc(N(C)c2nc(Nc3cnn(C)c3)ncc2-c2ccc(C(F)(F)F)cc2)c1. The van der Waals surface area contributed by atoms with E-state index in [1.54, 1.807) is 60.5 Å². The molecule has 0 spiro atoms. The minimum atomic E-state index is -4.44. The van der Waals surface area contributed by atoms with Crippen molar-refractivity contribution in [2.45, 2.75) is 6.18 Å². The second-order valence-corrected chi connectivity index (χ2v) is 7.84. The van der Waals surface area contributed by atoms with Gasteiger partial charge in [-0.25, -0.2) is 4.98 Å². The van der Waals surface area contributed by atoms with Crippen LogP contribution in [-0.2, 0) is 18.0 Å². The molecule has 4 aromatic rings. The van der Waals surface area contributed by atoms with E-state index in [-0.39, 0.29) is 11.9 Å². The smallest absolute Gasteiger partial charge is 0.329 e. The van der Waals surface area contributed by atoms with E-state index in [1.807, 2.05) is 6.07 Å². The third-order valence-electron chi connectivity index (χ3n) is 5.26. The number of nitrogens with zero attached hydrogens (tertiary/aromatic N) is 5. The van der Waals surface area contributed by atoms with Crippen molar-refractivity contribution in [2.75, 3.05) is 22.6 Å². The number of aryl methyl sites for hydroxylation is 1. The van der Waals surface area contributed by atoms with Crippen molar-refractivity contribution in [1.82, 2.24) is 19.7 Å². The molecule has 0 fully saturated rings. The summed E-state index contributed by atoms with van der Waals surface area (Å²) in [4.78, 5) is 22.5. The number of alkyl halides is 3. The van der Waals surface area contributed by atoms with E-state index in [0.29, 0.717) is 34.0 Å². The Morgan fingerprint density at radius 1 is 1.11 bits per heavy atom. The summed E-state index contributed by atoms with van der Waals surface area (Å²) in [6, 6.07) is 11.9. The highest BCUT2D eigenvalue weighted by molar-refractivity contribution is 5.99. The van der Waals surface area contributed by atoms with Crippen molar-refractivity contribution >= 4 is 34.7 Å². The molecule has 0 atom stereocenters. The number of anilines is 5. The highest BCUT2D eigenvalue weighted by atomic mass is 19.4. The van der Waals surface area contributed by atoms with Crippen LogP contribution in [0.4, 0.5) is 42.0 Å². The molecule has 0 saturated heterocycles. The van der Waals surface area contributed by atoms with Crippen LogP contribution in [0.3, 0.4) is 0 Å². The number of carbonyl (C=O) groups excluding carboxylic acids is 1. The summed E-state index contributed by atoms with van der Waals surface area (Å²) in [5, 5.41) is 9.89. The number of benzene rings is 2. The van der Waals surface area contributed by atoms with E-state index in [9.17, 15) is 18.0 Å². The van der Waals surface area contributed by atoms with Crippen LogP contribution in [0.15, 0.2) is 79.8 Å². The van der Waals surface area contributed by atoms with Crippen LogP contribution >= 0.6 is 0 Å². The Kier molecular flexibility index (Phi) is 6.73. The Hall–Kier alpha value is -4.67. The van der Waals surface area contributed by atoms with Gasteiger partial charge in [0.1, 0.15) is 5.82 Å². The Morgan fingerprint density at radius 2 is 1.86 bits per heavy atom. The lowest BCUT2D eigenvalue weighted by atomic mass is 10.0. The maximum Gasteiger partial charge on any atom is 0.416 e. The van der Waals surface area contributed by atoms with Gasteiger partial charge in [-0.1, -0.05) is 24.8 Å². The lowest BCUT2D eigenvalue weighted by molar-refractivity contribution is -0.137. The Labute approximate surface area is 205 Å². The topological polar surface area (TPSA) is 88.0 Å². The molecule has 4 rings (SSSR count). The minimum absolute atomic E-state index is 0.275. The predicted molar refractivity (Wildman–Crippen MR) is 132 cm³/mol. The van der Waals surface area contributed by atoms with Crippen LogP contribution in [0.25, 0.3) is 11.1 Å². The molecule has 36 heavy (non-hydrogen) atoms. The minimum Gasteiger partial charge on any atom is -0.329 e. The maximum absolute atomic E-state index is 13.1. The number of hydrogen-bond donors (Lipinski definition) is 2. The number of carbonyl (C=O) groups is 1. The van der Waals surface area contributed by atoms with Gasteiger partial charge in [0, 0.05) is 43.4 Å². The molecule has 1 amide bonds. The van der Waals surface area contributed by atoms with Crippen LogP contribution < -0.4 is 15.5 Å². The molecular weight excluding hydrogens is 471 g/mol. The summed E-state index contributed by atoms with van der Waals surface area (Å²) in [7, 11) is 3.54. The number of nitrogens with one attached hydrogen (secondary N) is 2. The van der Waals surface area contributed by atoms with Gasteiger partial charge in [0.25, 0.3) is 0 Å². The number of aromatic nitrogens is 4. The summed E-state index contributed by atoms with van der Waals surface area (Å²) in [5.74, 6) is 0.352. The molecule has 2 N–H and O–H groups in total. The Bertz CT molecular complexity index is 1400. The number of halogens is 3. The first-order chi connectivity index (χ1) is 17.1. The highest BCUT2D eigenvalue weighted by Gasteiger charge is 2.30. The molecule has 8 nitrogen and oxygen atoms in total. The number of rotatable bonds is 7. The summed E-state index contributed by atoms with van der Waals surface area (Å²) in [5.41, 5.74) is 2.17. The summed E-state index contributed by atoms with van der Waals surface area (Å²) in [6.07, 6.45) is 1.64. The zero-order chi connectivity index (χ0) is 25.9. The van der Waals surface area contributed by atoms with Crippen LogP contribution in [0.5, 0.6) is 0 Å². The molecule has 0 unspecified atom stereocenters. The third kappa shape index (κ3) is 5.52. The van der Waals surface area contributed by atoms with E-state index in [4.69, 9.17) is 0 Å². The molecule has 0 radical (unpaired) electrons. The fourth-order valence-electron chi connectivity index (χ4n) is 3.45. The van der Waals surface area contributed by atoms with Gasteiger partial charge in [0.05, 0.1) is 17.4 Å². The second-order valence-electron chi connectivity index (χ2n) is 7.84. The van der Waals surface area contributed by atoms with Gasteiger partial charge in [-0.05, 0) is 42.0 Å². The predicted octanol–water partition coefficient (Wildman–Crippen LogP) is 5.53. The standard InChI is InChI=1S/C25H22F3N7O/c1-4-22(36)31-18-6-5-7-20(12-18)35(3)23-21(16-8-10-17(11-9-16)25(26,27)28)14-29-24(33-23)32-19-13-30-34(2)15-19/h4-15H,1H2,2-3H3,(H,31,36)(H,29,32,33). The molecule has 2 aromatic carbocycles. The zero-order valence-corrected chi connectivity index (χ0v) is 19.4. The van der Waals surface area contributed by atoms with Crippen LogP contribution in [-0.4, -0.2) is 32.7 Å². The number of hydrogen-bond acceptors (Lipinski definition) is 6. The van der Waals surface area contributed by atoms with Crippen molar-refractivity contribution in [2.24, 2.45) is 7.05 Å². The Balaban J connectivity index is 1.76. The van der Waals surface area contributed by atoms with Crippen molar-refractivity contribution in [3.63, 3.8) is 0 Å². The first kappa shape index (κ1) is 24.5. The first-order valence-electron chi connectivity index (χ1n) is 10.7. The molecule has 2 heterocycles.